The van der Waals surface area contributed by atoms with Gasteiger partial charge in [-0.05, 0) is 17.7 Å². The SMILES string of the molecule is COC(=O)C(C(=O)OC)[C@@H](C)[C@@H](NC(=O)[C@H](Cc1ccc(F)cc1)NC(C)=O)C(=O)OC. The summed E-state index contributed by atoms with van der Waals surface area (Å²) in [7, 11) is 3.20. The van der Waals surface area contributed by atoms with E-state index in [1.165, 1.54) is 38.1 Å². The van der Waals surface area contributed by atoms with Crippen LogP contribution in [0.25, 0.3) is 0 Å². The molecule has 10 nitrogen and oxygen atoms in total. The van der Waals surface area contributed by atoms with Gasteiger partial charge in [0.2, 0.25) is 11.8 Å². The number of esters is 3. The standard InChI is InChI=1S/C21H27FN2O8/c1-11(16(19(27)30-3)20(28)31-4)17(21(29)32-5)24-18(26)15(23-12(2)25)10-13-6-8-14(22)9-7-13/h6-9,11,15-17H,10H2,1-5H3,(H,23,25)(H,24,26)/t11-,15+,17-/m1/s1. The molecule has 1 rings (SSSR count). The van der Waals surface area contributed by atoms with E-state index in [0.717, 1.165) is 21.3 Å². The maximum atomic E-state index is 13.2. The fourth-order valence-electron chi connectivity index (χ4n) is 3.07. The Bertz CT molecular complexity index is 827. The van der Waals surface area contributed by atoms with Crippen molar-refractivity contribution in [3.8, 4) is 0 Å². The molecule has 0 bridgehead atoms. The van der Waals surface area contributed by atoms with Crippen molar-refractivity contribution in [3.05, 3.63) is 35.6 Å². The molecular formula is C21H27FN2O8. The second kappa shape index (κ2) is 12.4. The highest BCUT2D eigenvalue weighted by molar-refractivity contribution is 5.97. The van der Waals surface area contributed by atoms with Gasteiger partial charge in [-0.2, -0.15) is 0 Å². The molecule has 0 aromatic heterocycles. The van der Waals surface area contributed by atoms with Gasteiger partial charge in [-0.1, -0.05) is 19.1 Å². The molecule has 0 saturated heterocycles. The molecule has 2 amide bonds. The second-order valence-corrected chi connectivity index (χ2v) is 6.98. The molecule has 2 N–H and O–H groups in total. The lowest BCUT2D eigenvalue weighted by atomic mass is 9.87. The van der Waals surface area contributed by atoms with E-state index in [1.54, 1.807) is 0 Å². The zero-order valence-electron chi connectivity index (χ0n) is 18.5. The van der Waals surface area contributed by atoms with Gasteiger partial charge in [0.25, 0.3) is 0 Å². The molecule has 3 atom stereocenters. The van der Waals surface area contributed by atoms with Gasteiger partial charge in [-0.15, -0.1) is 0 Å². The lowest BCUT2D eigenvalue weighted by Crippen LogP contribution is -2.56. The number of methoxy groups -OCH3 is 3. The van der Waals surface area contributed by atoms with Gasteiger partial charge >= 0.3 is 17.9 Å². The van der Waals surface area contributed by atoms with Crippen LogP contribution in [0, 0.1) is 17.7 Å². The number of hydrogen-bond donors (Lipinski definition) is 2. The van der Waals surface area contributed by atoms with Gasteiger partial charge in [0.15, 0.2) is 5.92 Å². The Labute approximate surface area is 184 Å². The summed E-state index contributed by atoms with van der Waals surface area (Å²) < 4.78 is 27.1. The molecular weight excluding hydrogens is 427 g/mol. The molecule has 0 aliphatic heterocycles. The van der Waals surface area contributed by atoms with E-state index in [0.29, 0.717) is 5.56 Å². The van der Waals surface area contributed by atoms with Crippen LogP contribution in [0.5, 0.6) is 0 Å². The summed E-state index contributed by atoms with van der Waals surface area (Å²) in [5.74, 6) is -7.25. The quantitative estimate of drug-likeness (QED) is 0.289. The summed E-state index contributed by atoms with van der Waals surface area (Å²) in [6, 6.07) is 2.72. The number of carbonyl (C=O) groups excluding carboxylic acids is 5. The van der Waals surface area contributed by atoms with Crippen molar-refractivity contribution in [3.63, 3.8) is 0 Å². The van der Waals surface area contributed by atoms with Gasteiger partial charge in [-0.3, -0.25) is 19.2 Å². The van der Waals surface area contributed by atoms with Crippen molar-refractivity contribution in [2.45, 2.75) is 32.4 Å². The lowest BCUT2D eigenvalue weighted by Gasteiger charge is -2.28. The normalized spacial score (nSPS) is 13.3. The molecule has 0 radical (unpaired) electrons. The summed E-state index contributed by atoms with van der Waals surface area (Å²) >= 11 is 0. The number of rotatable bonds is 10. The summed E-state index contributed by atoms with van der Waals surface area (Å²) in [6.07, 6.45) is -0.00853. The predicted molar refractivity (Wildman–Crippen MR) is 108 cm³/mol. The Balaban J connectivity index is 3.19. The highest BCUT2D eigenvalue weighted by Gasteiger charge is 2.43. The van der Waals surface area contributed by atoms with Crippen LogP contribution in [-0.2, 0) is 44.6 Å². The average molecular weight is 454 g/mol. The largest absolute Gasteiger partial charge is 0.468 e. The molecule has 0 spiro atoms. The summed E-state index contributed by atoms with van der Waals surface area (Å²) in [5, 5.41) is 4.89. The van der Waals surface area contributed by atoms with Crippen LogP contribution in [0.1, 0.15) is 19.4 Å². The molecule has 176 valence electrons. The van der Waals surface area contributed by atoms with Crippen molar-refractivity contribution < 1.29 is 42.6 Å². The van der Waals surface area contributed by atoms with Crippen LogP contribution < -0.4 is 10.6 Å². The van der Waals surface area contributed by atoms with Gasteiger partial charge in [0.05, 0.1) is 21.3 Å². The number of amides is 2. The van der Waals surface area contributed by atoms with Gasteiger partial charge in [-0.25, -0.2) is 9.18 Å². The smallest absolute Gasteiger partial charge is 0.328 e. The number of halogens is 1. The molecule has 0 saturated carbocycles. The van der Waals surface area contributed by atoms with E-state index >= 15 is 0 Å². The minimum Gasteiger partial charge on any atom is -0.468 e. The van der Waals surface area contributed by atoms with E-state index in [9.17, 15) is 28.4 Å². The first-order valence-corrected chi connectivity index (χ1v) is 9.61. The highest BCUT2D eigenvalue weighted by Crippen LogP contribution is 2.21. The molecule has 0 heterocycles. The number of benzene rings is 1. The van der Waals surface area contributed by atoms with E-state index in [-0.39, 0.29) is 6.42 Å². The Morgan fingerprint density at radius 1 is 0.875 bits per heavy atom. The Morgan fingerprint density at radius 3 is 1.81 bits per heavy atom. The van der Waals surface area contributed by atoms with E-state index < -0.39 is 59.5 Å². The maximum Gasteiger partial charge on any atom is 0.328 e. The molecule has 0 unspecified atom stereocenters. The topological polar surface area (TPSA) is 137 Å². The fourth-order valence-corrected chi connectivity index (χ4v) is 3.07. The van der Waals surface area contributed by atoms with E-state index in [2.05, 4.69) is 20.1 Å². The summed E-state index contributed by atoms with van der Waals surface area (Å²) in [5.41, 5.74) is 0.546. The third-order valence-electron chi connectivity index (χ3n) is 4.76. The second-order valence-electron chi connectivity index (χ2n) is 6.98. The van der Waals surface area contributed by atoms with Crippen LogP contribution >= 0.6 is 0 Å². The van der Waals surface area contributed by atoms with Crippen molar-refractivity contribution in [1.82, 2.24) is 10.6 Å². The van der Waals surface area contributed by atoms with E-state index in [1.807, 2.05) is 0 Å². The number of carbonyl (C=O) groups is 5. The maximum absolute atomic E-state index is 13.2. The van der Waals surface area contributed by atoms with E-state index in [4.69, 9.17) is 4.74 Å². The Morgan fingerprint density at radius 2 is 1.38 bits per heavy atom. The first-order chi connectivity index (χ1) is 15.0. The number of ether oxygens (including phenoxy) is 3. The van der Waals surface area contributed by atoms with Crippen LogP contribution in [-0.4, -0.2) is 63.1 Å². The third kappa shape index (κ3) is 7.33. The van der Waals surface area contributed by atoms with Gasteiger partial charge < -0.3 is 24.8 Å². The zero-order chi connectivity index (χ0) is 24.4. The summed E-state index contributed by atoms with van der Waals surface area (Å²) in [4.78, 5) is 61.2. The monoisotopic (exact) mass is 454 g/mol. The molecule has 1 aromatic carbocycles. The predicted octanol–water partition coefficient (Wildman–Crippen LogP) is 0.129. The van der Waals surface area contributed by atoms with Crippen LogP contribution in [0.4, 0.5) is 4.39 Å². The first-order valence-electron chi connectivity index (χ1n) is 9.61. The molecule has 11 heteroatoms. The molecule has 32 heavy (non-hydrogen) atoms. The van der Waals surface area contributed by atoms with Crippen LogP contribution in [0.15, 0.2) is 24.3 Å². The first kappa shape index (κ1) is 26.5. The Kier molecular flexibility index (Phi) is 10.3. The minimum atomic E-state index is -1.52. The highest BCUT2D eigenvalue weighted by atomic mass is 19.1. The average Bonchev–Trinajstić information content (AvgIpc) is 2.76. The number of nitrogens with one attached hydrogen (secondary N) is 2. The van der Waals surface area contributed by atoms with Crippen molar-refractivity contribution in [2.24, 2.45) is 11.8 Å². The van der Waals surface area contributed by atoms with Crippen molar-refractivity contribution in [2.75, 3.05) is 21.3 Å². The number of hydrogen-bond acceptors (Lipinski definition) is 8. The lowest BCUT2D eigenvalue weighted by molar-refractivity contribution is -0.163. The fraction of sp³-hybridized carbons (Fsp3) is 0.476. The zero-order valence-corrected chi connectivity index (χ0v) is 18.5. The van der Waals surface area contributed by atoms with Crippen molar-refractivity contribution in [1.29, 1.82) is 0 Å². The molecule has 0 aliphatic rings. The third-order valence-corrected chi connectivity index (χ3v) is 4.76. The molecule has 0 fully saturated rings. The van der Waals surface area contributed by atoms with Gasteiger partial charge in [0.1, 0.15) is 17.9 Å². The minimum absolute atomic E-state index is 0.00853. The Hall–Kier alpha value is -3.50. The van der Waals surface area contributed by atoms with Crippen molar-refractivity contribution >= 4 is 29.7 Å². The molecule has 1 aromatic rings. The van der Waals surface area contributed by atoms with Crippen LogP contribution in [0.3, 0.4) is 0 Å². The van der Waals surface area contributed by atoms with Crippen LogP contribution in [0.2, 0.25) is 0 Å². The van der Waals surface area contributed by atoms with Gasteiger partial charge in [0, 0.05) is 19.3 Å². The molecule has 0 aliphatic carbocycles. The summed E-state index contributed by atoms with van der Waals surface area (Å²) in [6.45, 7) is 2.57.